The van der Waals surface area contributed by atoms with Crippen LogP contribution in [0.1, 0.15) is 39.2 Å². The van der Waals surface area contributed by atoms with Gasteiger partial charge in [-0.1, -0.05) is 0 Å². The largest absolute Gasteiger partial charge is 0.292 e. The maximum absolute atomic E-state index is 12.7. The summed E-state index contributed by atoms with van der Waals surface area (Å²) in [5.74, 6) is -0.332. The van der Waals surface area contributed by atoms with Crippen molar-refractivity contribution in [2.24, 2.45) is 0 Å². The van der Waals surface area contributed by atoms with Crippen molar-refractivity contribution in [2.45, 2.75) is 33.2 Å². The molecule has 3 rings (SSSR count). The summed E-state index contributed by atoms with van der Waals surface area (Å²) in [5.41, 5.74) is 2.14. The molecule has 0 atom stereocenters. The summed E-state index contributed by atoms with van der Waals surface area (Å²) >= 11 is 0. The molecule has 1 aromatic heterocycles. The summed E-state index contributed by atoms with van der Waals surface area (Å²) in [6, 6.07) is 6.73. The number of Topliss-reactive ketones (excluding diaryl/α,β-unsaturated/α-hetero) is 1. The van der Waals surface area contributed by atoms with E-state index in [1.807, 2.05) is 6.07 Å². The molecule has 0 saturated heterocycles. The number of carbonyl (C=O) groups excluding carboxylic acids is 1. The van der Waals surface area contributed by atoms with Gasteiger partial charge in [0.1, 0.15) is 18.2 Å². The van der Waals surface area contributed by atoms with Crippen LogP contribution in [0, 0.1) is 25.2 Å². The van der Waals surface area contributed by atoms with Crippen LogP contribution in [-0.2, 0) is 23.0 Å². The third-order valence-electron chi connectivity index (χ3n) is 4.92. The van der Waals surface area contributed by atoms with Crippen molar-refractivity contribution in [3.8, 4) is 6.07 Å². The molecule has 146 valence electrons. The highest BCUT2D eigenvalue weighted by atomic mass is 32.2. The van der Waals surface area contributed by atoms with E-state index in [0.29, 0.717) is 41.9 Å². The second-order valence-corrected chi connectivity index (χ2v) is 8.77. The van der Waals surface area contributed by atoms with Crippen LogP contribution in [0.15, 0.2) is 23.0 Å². The number of hydrogen-bond donors (Lipinski definition) is 0. The van der Waals surface area contributed by atoms with Gasteiger partial charge < -0.3 is 0 Å². The van der Waals surface area contributed by atoms with Crippen molar-refractivity contribution in [1.82, 2.24) is 9.78 Å². The number of aryl methyl sites for hydroxylation is 2. The molecule has 0 spiro atoms. The molecule has 0 amide bonds. The highest BCUT2D eigenvalue weighted by Gasteiger charge is 2.25. The first-order valence-electron chi connectivity index (χ1n) is 8.75. The fraction of sp³-hybridized carbons (Fsp3) is 0.368. The number of ketones is 1. The minimum absolute atomic E-state index is 0.0189. The Morgan fingerprint density at radius 2 is 2.04 bits per heavy atom. The molecule has 0 bridgehead atoms. The predicted molar refractivity (Wildman–Crippen MR) is 104 cm³/mol. The minimum atomic E-state index is -3.38. The van der Waals surface area contributed by atoms with Gasteiger partial charge in [0.25, 0.3) is 5.56 Å². The van der Waals surface area contributed by atoms with E-state index in [0.717, 1.165) is 16.5 Å². The quantitative estimate of drug-likeness (QED) is 0.716. The molecule has 8 nitrogen and oxygen atoms in total. The van der Waals surface area contributed by atoms with Gasteiger partial charge in [-0.3, -0.25) is 13.9 Å². The molecule has 1 aliphatic rings. The van der Waals surface area contributed by atoms with Gasteiger partial charge in [0.2, 0.25) is 10.0 Å². The van der Waals surface area contributed by atoms with Gasteiger partial charge in [-0.25, -0.2) is 13.1 Å². The monoisotopic (exact) mass is 400 g/mol. The van der Waals surface area contributed by atoms with Crippen LogP contribution in [-0.4, -0.2) is 36.8 Å². The lowest BCUT2D eigenvalue weighted by Crippen LogP contribution is -2.34. The Morgan fingerprint density at radius 1 is 1.32 bits per heavy atom. The summed E-state index contributed by atoms with van der Waals surface area (Å²) < 4.78 is 26.3. The van der Waals surface area contributed by atoms with Crippen LogP contribution in [0.2, 0.25) is 0 Å². The van der Waals surface area contributed by atoms with Crippen LogP contribution in [0.4, 0.5) is 5.69 Å². The van der Waals surface area contributed by atoms with E-state index in [-0.39, 0.29) is 17.9 Å². The highest BCUT2D eigenvalue weighted by Crippen LogP contribution is 2.30. The smallest absolute Gasteiger partial charge is 0.285 e. The number of nitrogens with zero attached hydrogens (tertiary/aromatic N) is 4. The summed E-state index contributed by atoms with van der Waals surface area (Å²) in [7, 11) is -3.38. The summed E-state index contributed by atoms with van der Waals surface area (Å²) in [6.07, 6.45) is 2.50. The topological polar surface area (TPSA) is 113 Å². The fourth-order valence-electron chi connectivity index (χ4n) is 3.32. The van der Waals surface area contributed by atoms with Crippen LogP contribution >= 0.6 is 0 Å². The van der Waals surface area contributed by atoms with Crippen molar-refractivity contribution < 1.29 is 13.2 Å². The van der Waals surface area contributed by atoms with Gasteiger partial charge in [0.15, 0.2) is 5.78 Å². The molecule has 0 fully saturated rings. The zero-order valence-corrected chi connectivity index (χ0v) is 16.7. The van der Waals surface area contributed by atoms with Crippen molar-refractivity contribution in [3.05, 3.63) is 56.5 Å². The summed E-state index contributed by atoms with van der Waals surface area (Å²) in [4.78, 5) is 25.1. The van der Waals surface area contributed by atoms with E-state index in [1.54, 1.807) is 32.0 Å². The van der Waals surface area contributed by atoms with E-state index >= 15 is 0 Å². The number of rotatable bonds is 4. The number of nitriles is 1. The molecule has 28 heavy (non-hydrogen) atoms. The first-order chi connectivity index (χ1) is 13.1. The van der Waals surface area contributed by atoms with Crippen molar-refractivity contribution in [3.63, 3.8) is 0 Å². The lowest BCUT2D eigenvalue weighted by molar-refractivity contribution is 0.0965. The normalized spacial score (nSPS) is 13.7. The van der Waals surface area contributed by atoms with Crippen molar-refractivity contribution in [1.29, 1.82) is 5.26 Å². The number of hydrogen-bond acceptors (Lipinski definition) is 6. The Labute approximate surface area is 163 Å². The van der Waals surface area contributed by atoms with Crippen LogP contribution in [0.5, 0.6) is 0 Å². The van der Waals surface area contributed by atoms with Gasteiger partial charge in [-0.2, -0.15) is 10.4 Å². The Bertz CT molecular complexity index is 1180. The average molecular weight is 400 g/mol. The molecule has 2 aromatic rings. The second-order valence-electron chi connectivity index (χ2n) is 6.87. The zero-order chi connectivity index (χ0) is 20.6. The predicted octanol–water partition coefficient (Wildman–Crippen LogP) is 1.33. The third kappa shape index (κ3) is 3.55. The van der Waals surface area contributed by atoms with Crippen LogP contribution in [0.3, 0.4) is 0 Å². The van der Waals surface area contributed by atoms with Gasteiger partial charge in [0, 0.05) is 12.1 Å². The number of aromatic nitrogens is 2. The maximum Gasteiger partial charge on any atom is 0.285 e. The Morgan fingerprint density at radius 3 is 2.68 bits per heavy atom. The number of anilines is 1. The zero-order valence-electron chi connectivity index (χ0n) is 15.9. The Kier molecular flexibility index (Phi) is 5.08. The van der Waals surface area contributed by atoms with E-state index in [4.69, 9.17) is 0 Å². The van der Waals surface area contributed by atoms with Gasteiger partial charge >= 0.3 is 0 Å². The van der Waals surface area contributed by atoms with Gasteiger partial charge in [0.05, 0.1) is 17.6 Å². The highest BCUT2D eigenvalue weighted by molar-refractivity contribution is 7.92. The number of sulfonamides is 1. The van der Waals surface area contributed by atoms with E-state index < -0.39 is 15.6 Å². The van der Waals surface area contributed by atoms with Crippen molar-refractivity contribution >= 4 is 21.5 Å². The molecule has 0 N–H and O–H groups in total. The van der Waals surface area contributed by atoms with Gasteiger partial charge in [-0.15, -0.1) is 0 Å². The second kappa shape index (κ2) is 7.20. The maximum atomic E-state index is 12.7. The van der Waals surface area contributed by atoms with E-state index in [2.05, 4.69) is 5.10 Å². The summed E-state index contributed by atoms with van der Waals surface area (Å²) in [5, 5.41) is 13.3. The standard InChI is InChI=1S/C19H20N4O4S/c1-12-13(2)21-22(19(25)16(12)10-20)11-18(24)15-6-7-17-14(9-15)5-4-8-23(17)28(3,26)27/h6-7,9H,4-5,8,11H2,1-3H3. The molecule has 0 aliphatic carbocycles. The molecule has 0 radical (unpaired) electrons. The average Bonchev–Trinajstić information content (AvgIpc) is 2.64. The first-order valence-corrected chi connectivity index (χ1v) is 10.6. The van der Waals surface area contributed by atoms with Crippen LogP contribution in [0.25, 0.3) is 0 Å². The summed E-state index contributed by atoms with van der Waals surface area (Å²) in [6.45, 7) is 3.45. The molecule has 2 heterocycles. The number of benzene rings is 1. The van der Waals surface area contributed by atoms with Crippen molar-refractivity contribution in [2.75, 3.05) is 17.1 Å². The molecule has 0 unspecified atom stereocenters. The Balaban J connectivity index is 1.95. The molecule has 0 saturated carbocycles. The lowest BCUT2D eigenvalue weighted by Gasteiger charge is -2.29. The molecule has 1 aliphatic heterocycles. The van der Waals surface area contributed by atoms with E-state index in [1.165, 1.54) is 4.31 Å². The minimum Gasteiger partial charge on any atom is -0.292 e. The SMILES string of the molecule is Cc1nn(CC(=O)c2ccc3c(c2)CCCN3S(C)(=O)=O)c(=O)c(C#N)c1C. The Hall–Kier alpha value is -2.99. The lowest BCUT2D eigenvalue weighted by atomic mass is 9.99. The molecule has 9 heteroatoms. The van der Waals surface area contributed by atoms with Gasteiger partial charge in [-0.05, 0) is 56.0 Å². The third-order valence-corrected chi connectivity index (χ3v) is 6.10. The molecular formula is C19H20N4O4S. The number of fused-ring (bicyclic) bond motifs is 1. The van der Waals surface area contributed by atoms with E-state index in [9.17, 15) is 23.3 Å². The fourth-order valence-corrected chi connectivity index (χ4v) is 4.31. The molecular weight excluding hydrogens is 380 g/mol. The first kappa shape index (κ1) is 19.8. The van der Waals surface area contributed by atoms with Crippen LogP contribution < -0.4 is 9.86 Å². The number of carbonyl (C=O) groups is 1. The molecule has 1 aromatic carbocycles.